The van der Waals surface area contributed by atoms with E-state index in [4.69, 9.17) is 0 Å². The van der Waals surface area contributed by atoms with Crippen LogP contribution in [0, 0.1) is 0 Å². The number of H-pyrrole nitrogens is 1. The van der Waals surface area contributed by atoms with E-state index in [-0.39, 0.29) is 18.0 Å². The molecule has 1 aliphatic rings. The van der Waals surface area contributed by atoms with Gasteiger partial charge in [0.25, 0.3) is 0 Å². The van der Waals surface area contributed by atoms with Gasteiger partial charge < -0.3 is 10.3 Å². The van der Waals surface area contributed by atoms with Crippen LogP contribution < -0.4 is 16.2 Å². The van der Waals surface area contributed by atoms with Crippen molar-refractivity contribution < 1.29 is 4.79 Å². The molecule has 24 heavy (non-hydrogen) atoms. The van der Waals surface area contributed by atoms with Crippen molar-refractivity contribution in [2.75, 3.05) is 0 Å². The molecular weight excluding hydrogens is 304 g/mol. The zero-order valence-electron chi connectivity index (χ0n) is 13.0. The number of rotatable bonds is 4. The van der Waals surface area contributed by atoms with Crippen LogP contribution in [0.4, 0.5) is 0 Å². The van der Waals surface area contributed by atoms with Crippen LogP contribution in [0.15, 0.2) is 48.8 Å². The van der Waals surface area contributed by atoms with Crippen molar-refractivity contribution in [1.82, 2.24) is 31.1 Å². The standard InChI is InChI=1S/C17H18N6O/c24-17(15-8-14(22-23-15)11-4-3-7-18-9-11)19-10-16-20-12-5-1-2-6-13(12)21-16/h1-7,9,14-15,22-23H,8,10H2,(H,19,24)(H,20,21). The summed E-state index contributed by atoms with van der Waals surface area (Å²) >= 11 is 0. The first-order valence-electron chi connectivity index (χ1n) is 7.92. The number of carbonyl (C=O) groups is 1. The van der Waals surface area contributed by atoms with Gasteiger partial charge in [0.2, 0.25) is 5.91 Å². The van der Waals surface area contributed by atoms with Crippen LogP contribution in [-0.2, 0) is 11.3 Å². The van der Waals surface area contributed by atoms with Gasteiger partial charge in [-0.1, -0.05) is 18.2 Å². The van der Waals surface area contributed by atoms with Crippen LogP contribution in [0.3, 0.4) is 0 Å². The van der Waals surface area contributed by atoms with E-state index < -0.39 is 0 Å². The van der Waals surface area contributed by atoms with E-state index in [0.29, 0.717) is 13.0 Å². The molecule has 4 N–H and O–H groups in total. The number of fused-ring (bicyclic) bond motifs is 1. The summed E-state index contributed by atoms with van der Waals surface area (Å²) in [7, 11) is 0. The molecule has 0 radical (unpaired) electrons. The van der Waals surface area contributed by atoms with Gasteiger partial charge in [0.1, 0.15) is 11.9 Å². The van der Waals surface area contributed by atoms with Gasteiger partial charge in [0, 0.05) is 18.4 Å². The van der Waals surface area contributed by atoms with Crippen LogP contribution in [0.25, 0.3) is 11.0 Å². The summed E-state index contributed by atoms with van der Waals surface area (Å²) in [4.78, 5) is 24.1. The van der Waals surface area contributed by atoms with Crippen molar-refractivity contribution >= 4 is 16.9 Å². The molecule has 1 fully saturated rings. The van der Waals surface area contributed by atoms with Gasteiger partial charge in [-0.2, -0.15) is 0 Å². The highest BCUT2D eigenvalue weighted by Gasteiger charge is 2.30. The van der Waals surface area contributed by atoms with Crippen LogP contribution in [0.1, 0.15) is 23.9 Å². The fraction of sp³-hybridized carbons (Fsp3) is 0.235. The molecule has 0 saturated carbocycles. The maximum Gasteiger partial charge on any atom is 0.238 e. The summed E-state index contributed by atoms with van der Waals surface area (Å²) in [5.74, 6) is 0.702. The molecule has 0 bridgehead atoms. The van der Waals surface area contributed by atoms with Gasteiger partial charge in [-0.05, 0) is 30.2 Å². The third-order valence-electron chi connectivity index (χ3n) is 4.17. The fourth-order valence-corrected chi connectivity index (χ4v) is 2.91. The van der Waals surface area contributed by atoms with E-state index >= 15 is 0 Å². The van der Waals surface area contributed by atoms with Gasteiger partial charge >= 0.3 is 0 Å². The van der Waals surface area contributed by atoms with Crippen LogP contribution in [0.2, 0.25) is 0 Å². The van der Waals surface area contributed by atoms with E-state index in [2.05, 4.69) is 31.1 Å². The van der Waals surface area contributed by atoms with Crippen molar-refractivity contribution in [3.8, 4) is 0 Å². The lowest BCUT2D eigenvalue weighted by molar-refractivity contribution is -0.123. The Bertz CT molecular complexity index is 813. The number of hydrazine groups is 1. The lowest BCUT2D eigenvalue weighted by atomic mass is 10.0. The zero-order chi connectivity index (χ0) is 16.4. The monoisotopic (exact) mass is 322 g/mol. The van der Waals surface area contributed by atoms with Crippen molar-refractivity contribution in [2.45, 2.75) is 25.0 Å². The van der Waals surface area contributed by atoms with Gasteiger partial charge in [0.15, 0.2) is 0 Å². The summed E-state index contributed by atoms with van der Waals surface area (Å²) < 4.78 is 0. The lowest BCUT2D eigenvalue weighted by Gasteiger charge is -2.09. The van der Waals surface area contributed by atoms with Gasteiger partial charge in [0.05, 0.1) is 17.6 Å². The Hall–Kier alpha value is -2.77. The summed E-state index contributed by atoms with van der Waals surface area (Å²) in [5.41, 5.74) is 9.14. The molecule has 2 aromatic heterocycles. The minimum atomic E-state index is -0.278. The van der Waals surface area contributed by atoms with Crippen molar-refractivity contribution in [1.29, 1.82) is 0 Å². The van der Waals surface area contributed by atoms with Crippen LogP contribution in [-0.4, -0.2) is 26.9 Å². The first kappa shape index (κ1) is 14.8. The molecule has 1 aromatic carbocycles. The number of hydrogen-bond acceptors (Lipinski definition) is 5. The fourth-order valence-electron chi connectivity index (χ4n) is 2.91. The third-order valence-corrected chi connectivity index (χ3v) is 4.17. The lowest BCUT2D eigenvalue weighted by Crippen LogP contribution is -2.43. The largest absolute Gasteiger partial charge is 0.347 e. The topological polar surface area (TPSA) is 94.7 Å². The quantitative estimate of drug-likeness (QED) is 0.579. The Morgan fingerprint density at radius 1 is 1.21 bits per heavy atom. The second-order valence-corrected chi connectivity index (χ2v) is 5.83. The molecule has 1 saturated heterocycles. The Labute approximate surface area is 138 Å². The number of carbonyl (C=O) groups excluding carboxylic acids is 1. The van der Waals surface area contributed by atoms with Crippen molar-refractivity contribution in [2.24, 2.45) is 0 Å². The number of aromatic amines is 1. The SMILES string of the molecule is O=C(NCc1nc2ccccc2[nH]1)C1CC(c2cccnc2)NN1. The highest BCUT2D eigenvalue weighted by atomic mass is 16.2. The molecule has 2 unspecified atom stereocenters. The Morgan fingerprint density at radius 3 is 2.96 bits per heavy atom. The third kappa shape index (κ3) is 2.99. The van der Waals surface area contributed by atoms with Gasteiger partial charge in [-0.25, -0.2) is 15.8 Å². The maximum atomic E-state index is 12.3. The highest BCUT2D eigenvalue weighted by Crippen LogP contribution is 2.21. The molecule has 1 amide bonds. The van der Waals surface area contributed by atoms with Gasteiger partial charge in [-0.15, -0.1) is 0 Å². The first-order chi connectivity index (χ1) is 11.8. The Balaban J connectivity index is 1.35. The molecule has 7 nitrogen and oxygen atoms in total. The zero-order valence-corrected chi connectivity index (χ0v) is 13.0. The second-order valence-electron chi connectivity index (χ2n) is 5.83. The molecule has 4 rings (SSSR count). The number of nitrogens with zero attached hydrogens (tertiary/aromatic N) is 2. The number of benzene rings is 1. The van der Waals surface area contributed by atoms with E-state index in [9.17, 15) is 4.79 Å². The molecule has 7 heteroatoms. The molecule has 3 heterocycles. The molecular formula is C17H18N6O. The molecule has 2 atom stereocenters. The van der Waals surface area contributed by atoms with E-state index in [1.807, 2.05) is 42.6 Å². The van der Waals surface area contributed by atoms with E-state index in [0.717, 1.165) is 22.4 Å². The smallest absolute Gasteiger partial charge is 0.238 e. The Morgan fingerprint density at radius 2 is 2.12 bits per heavy atom. The molecule has 0 aliphatic carbocycles. The summed E-state index contributed by atoms with van der Waals surface area (Å²) in [6.45, 7) is 0.378. The minimum absolute atomic E-state index is 0.0469. The summed E-state index contributed by atoms with van der Waals surface area (Å²) in [6, 6.07) is 11.5. The number of hydrogen-bond donors (Lipinski definition) is 4. The molecule has 0 spiro atoms. The van der Waals surface area contributed by atoms with E-state index in [1.165, 1.54) is 0 Å². The number of amides is 1. The number of imidazole rings is 1. The number of aromatic nitrogens is 3. The highest BCUT2D eigenvalue weighted by molar-refractivity contribution is 5.82. The maximum absolute atomic E-state index is 12.3. The van der Waals surface area contributed by atoms with Gasteiger partial charge in [-0.3, -0.25) is 9.78 Å². The summed E-state index contributed by atoms with van der Waals surface area (Å²) in [5, 5.41) is 2.92. The number of para-hydroxylation sites is 2. The minimum Gasteiger partial charge on any atom is -0.347 e. The average Bonchev–Trinajstić information content (AvgIpc) is 3.27. The predicted molar refractivity (Wildman–Crippen MR) is 89.6 cm³/mol. The number of pyridine rings is 1. The summed E-state index contributed by atoms with van der Waals surface area (Å²) in [6.07, 6.45) is 4.23. The first-order valence-corrected chi connectivity index (χ1v) is 7.92. The normalized spacial score (nSPS) is 20.3. The van der Waals surface area contributed by atoms with Crippen molar-refractivity contribution in [3.63, 3.8) is 0 Å². The van der Waals surface area contributed by atoms with Crippen molar-refractivity contribution in [3.05, 3.63) is 60.2 Å². The molecule has 1 aliphatic heterocycles. The second kappa shape index (κ2) is 6.38. The van der Waals surface area contributed by atoms with E-state index in [1.54, 1.807) is 6.20 Å². The molecule has 3 aromatic rings. The number of nitrogens with one attached hydrogen (secondary N) is 4. The predicted octanol–water partition coefficient (Wildman–Crippen LogP) is 1.18. The Kier molecular flexibility index (Phi) is 3.94. The average molecular weight is 322 g/mol. The van der Waals surface area contributed by atoms with Crippen LogP contribution >= 0.6 is 0 Å². The van der Waals surface area contributed by atoms with Crippen LogP contribution in [0.5, 0.6) is 0 Å². The molecule has 122 valence electrons.